The molecule has 8 nitrogen and oxygen atoms in total. The van der Waals surface area contributed by atoms with Gasteiger partial charge in [-0.3, -0.25) is 14.5 Å². The SMILES string of the molecule is COCCNC(=O)[C@@H]1CCCN(C2CCN(C(=O)c3c(C)noc3C)CC2)C1. The number of carbonyl (C=O) groups excluding carboxylic acids is 2. The van der Waals surface area contributed by atoms with Gasteiger partial charge in [0.15, 0.2) is 0 Å². The summed E-state index contributed by atoms with van der Waals surface area (Å²) in [6.45, 7) is 8.00. The number of nitrogens with zero attached hydrogens (tertiary/aromatic N) is 3. The van der Waals surface area contributed by atoms with E-state index in [0.29, 0.717) is 36.2 Å². The van der Waals surface area contributed by atoms with Crippen molar-refractivity contribution in [2.45, 2.75) is 45.6 Å². The predicted molar refractivity (Wildman–Crippen MR) is 104 cm³/mol. The average Bonchev–Trinajstić information content (AvgIpc) is 3.06. The number of ether oxygens (including phenoxy) is 1. The maximum atomic E-state index is 12.8. The van der Waals surface area contributed by atoms with Crippen LogP contribution in [0.5, 0.6) is 0 Å². The monoisotopic (exact) mass is 392 g/mol. The zero-order chi connectivity index (χ0) is 20.1. The molecule has 2 aliphatic rings. The normalized spacial score (nSPS) is 21.7. The highest BCUT2D eigenvalue weighted by Crippen LogP contribution is 2.25. The molecule has 3 rings (SSSR count). The number of hydrogen-bond acceptors (Lipinski definition) is 6. The van der Waals surface area contributed by atoms with E-state index in [1.807, 2.05) is 11.8 Å². The third-order valence-electron chi connectivity index (χ3n) is 5.94. The first-order chi connectivity index (χ1) is 13.5. The summed E-state index contributed by atoms with van der Waals surface area (Å²) in [7, 11) is 1.64. The molecule has 156 valence electrons. The molecule has 2 fully saturated rings. The molecular formula is C20H32N4O4. The lowest BCUT2D eigenvalue weighted by atomic mass is 9.93. The van der Waals surface area contributed by atoms with Crippen molar-refractivity contribution in [1.82, 2.24) is 20.3 Å². The molecule has 0 saturated carbocycles. The minimum atomic E-state index is 0.0174. The quantitative estimate of drug-likeness (QED) is 0.736. The van der Waals surface area contributed by atoms with Gasteiger partial charge in [0.05, 0.1) is 18.2 Å². The van der Waals surface area contributed by atoms with Crippen LogP contribution < -0.4 is 5.32 Å². The number of methoxy groups -OCH3 is 1. The molecule has 0 bridgehead atoms. The molecule has 2 amide bonds. The molecule has 0 aliphatic carbocycles. The van der Waals surface area contributed by atoms with Crippen LogP contribution >= 0.6 is 0 Å². The maximum Gasteiger partial charge on any atom is 0.259 e. The summed E-state index contributed by atoms with van der Waals surface area (Å²) in [6, 6.07) is 0.434. The Labute approximate surface area is 166 Å². The Bertz CT molecular complexity index is 662. The van der Waals surface area contributed by atoms with Crippen LogP contribution in [-0.4, -0.2) is 79.3 Å². The fourth-order valence-electron chi connectivity index (χ4n) is 4.35. The van der Waals surface area contributed by atoms with E-state index in [1.54, 1.807) is 14.0 Å². The van der Waals surface area contributed by atoms with Gasteiger partial charge in [-0.05, 0) is 46.1 Å². The summed E-state index contributed by atoms with van der Waals surface area (Å²) in [5, 5.41) is 6.86. The number of likely N-dealkylation sites (tertiary alicyclic amines) is 2. The molecule has 0 unspecified atom stereocenters. The third kappa shape index (κ3) is 4.72. The van der Waals surface area contributed by atoms with Crippen molar-refractivity contribution in [3.8, 4) is 0 Å². The minimum Gasteiger partial charge on any atom is -0.383 e. The Hall–Kier alpha value is -1.93. The molecule has 3 heterocycles. The standard InChI is InChI=1S/C20H32N4O4/c1-14-18(15(2)28-22-14)20(26)23-10-6-17(7-11-23)24-9-4-5-16(13-24)19(25)21-8-12-27-3/h16-17H,4-13H2,1-3H3,(H,21,25)/t16-/m1/s1. The third-order valence-corrected chi connectivity index (χ3v) is 5.94. The zero-order valence-corrected chi connectivity index (χ0v) is 17.2. The molecule has 0 aromatic carbocycles. The highest BCUT2D eigenvalue weighted by Gasteiger charge is 2.33. The molecule has 28 heavy (non-hydrogen) atoms. The van der Waals surface area contributed by atoms with E-state index in [9.17, 15) is 9.59 Å². The van der Waals surface area contributed by atoms with E-state index < -0.39 is 0 Å². The molecule has 0 spiro atoms. The minimum absolute atomic E-state index is 0.0174. The lowest BCUT2D eigenvalue weighted by Crippen LogP contribution is -2.51. The Morgan fingerprint density at radius 3 is 2.61 bits per heavy atom. The smallest absolute Gasteiger partial charge is 0.259 e. The van der Waals surface area contributed by atoms with Gasteiger partial charge in [0, 0.05) is 39.3 Å². The molecule has 0 radical (unpaired) electrons. The van der Waals surface area contributed by atoms with Crippen LogP contribution in [0, 0.1) is 19.8 Å². The van der Waals surface area contributed by atoms with E-state index in [2.05, 4.69) is 15.4 Å². The first-order valence-corrected chi connectivity index (χ1v) is 10.2. The maximum absolute atomic E-state index is 12.8. The Balaban J connectivity index is 1.50. The zero-order valence-electron chi connectivity index (χ0n) is 17.2. The van der Waals surface area contributed by atoms with Crippen molar-refractivity contribution in [1.29, 1.82) is 0 Å². The van der Waals surface area contributed by atoms with E-state index in [4.69, 9.17) is 9.26 Å². The summed E-state index contributed by atoms with van der Waals surface area (Å²) in [4.78, 5) is 29.5. The lowest BCUT2D eigenvalue weighted by Gasteiger charge is -2.42. The van der Waals surface area contributed by atoms with E-state index in [1.165, 1.54) is 0 Å². The molecule has 1 aromatic heterocycles. The van der Waals surface area contributed by atoms with Crippen molar-refractivity contribution in [2.24, 2.45) is 5.92 Å². The van der Waals surface area contributed by atoms with E-state index in [0.717, 1.165) is 51.9 Å². The van der Waals surface area contributed by atoms with Gasteiger partial charge < -0.3 is 19.5 Å². The largest absolute Gasteiger partial charge is 0.383 e. The highest BCUT2D eigenvalue weighted by atomic mass is 16.5. The van der Waals surface area contributed by atoms with Gasteiger partial charge in [0.25, 0.3) is 5.91 Å². The molecule has 2 aliphatic heterocycles. The first kappa shape index (κ1) is 20.8. The molecule has 1 atom stereocenters. The molecule has 1 N–H and O–H groups in total. The van der Waals surface area contributed by atoms with Crippen LogP contribution in [0.25, 0.3) is 0 Å². The van der Waals surface area contributed by atoms with Gasteiger partial charge in [0.1, 0.15) is 11.3 Å². The summed E-state index contributed by atoms with van der Waals surface area (Å²) >= 11 is 0. The fourth-order valence-corrected chi connectivity index (χ4v) is 4.35. The van der Waals surface area contributed by atoms with Crippen molar-refractivity contribution < 1.29 is 18.8 Å². The average molecular weight is 393 g/mol. The lowest BCUT2D eigenvalue weighted by molar-refractivity contribution is -0.127. The number of hydrogen-bond donors (Lipinski definition) is 1. The van der Waals surface area contributed by atoms with Crippen LogP contribution in [0.3, 0.4) is 0 Å². The second-order valence-corrected chi connectivity index (χ2v) is 7.84. The van der Waals surface area contributed by atoms with E-state index >= 15 is 0 Å². The van der Waals surface area contributed by atoms with Crippen LogP contribution in [0.2, 0.25) is 0 Å². The number of amides is 2. The summed E-state index contributed by atoms with van der Waals surface area (Å²) in [5.74, 6) is 0.784. The number of carbonyl (C=O) groups is 2. The number of rotatable bonds is 6. The molecule has 8 heteroatoms. The van der Waals surface area contributed by atoms with Crippen LogP contribution in [0.1, 0.15) is 47.5 Å². The fraction of sp³-hybridized carbons (Fsp3) is 0.750. The summed E-state index contributed by atoms with van der Waals surface area (Å²) in [5.41, 5.74) is 1.26. The van der Waals surface area contributed by atoms with Gasteiger partial charge in [-0.25, -0.2) is 0 Å². The number of aromatic nitrogens is 1. The van der Waals surface area contributed by atoms with Gasteiger partial charge >= 0.3 is 0 Å². The first-order valence-electron chi connectivity index (χ1n) is 10.2. The van der Waals surface area contributed by atoms with E-state index in [-0.39, 0.29) is 17.7 Å². The molecule has 1 aromatic rings. The topological polar surface area (TPSA) is 87.9 Å². The van der Waals surface area contributed by atoms with Crippen LogP contribution in [-0.2, 0) is 9.53 Å². The second-order valence-electron chi connectivity index (χ2n) is 7.84. The molecule has 2 saturated heterocycles. The number of nitrogens with one attached hydrogen (secondary N) is 1. The summed E-state index contributed by atoms with van der Waals surface area (Å²) in [6.07, 6.45) is 3.86. The van der Waals surface area contributed by atoms with Gasteiger partial charge in [0.2, 0.25) is 5.91 Å². The van der Waals surface area contributed by atoms with Crippen LogP contribution in [0.15, 0.2) is 4.52 Å². The summed E-state index contributed by atoms with van der Waals surface area (Å²) < 4.78 is 10.1. The van der Waals surface area contributed by atoms with Gasteiger partial charge in [-0.1, -0.05) is 5.16 Å². The van der Waals surface area contributed by atoms with Gasteiger partial charge in [-0.2, -0.15) is 0 Å². The highest BCUT2D eigenvalue weighted by molar-refractivity contribution is 5.96. The van der Waals surface area contributed by atoms with Crippen molar-refractivity contribution in [3.05, 3.63) is 17.0 Å². The van der Waals surface area contributed by atoms with Crippen molar-refractivity contribution in [3.63, 3.8) is 0 Å². The Kier molecular flexibility index (Phi) is 7.07. The number of piperidine rings is 2. The Morgan fingerprint density at radius 1 is 1.21 bits per heavy atom. The van der Waals surface area contributed by atoms with Crippen LogP contribution in [0.4, 0.5) is 0 Å². The second kappa shape index (κ2) is 9.52. The van der Waals surface area contributed by atoms with Crippen molar-refractivity contribution >= 4 is 11.8 Å². The predicted octanol–water partition coefficient (Wildman–Crippen LogP) is 1.37. The Morgan fingerprint density at radius 2 is 1.96 bits per heavy atom. The van der Waals surface area contributed by atoms with Crippen molar-refractivity contribution in [2.75, 3.05) is 46.4 Å². The molecular weight excluding hydrogens is 360 g/mol. The van der Waals surface area contributed by atoms with Gasteiger partial charge in [-0.15, -0.1) is 0 Å². The number of aryl methyl sites for hydroxylation is 2.